The average Bonchev–Trinajstić information content (AvgIpc) is 2.14. The second-order valence-corrected chi connectivity index (χ2v) is 1.81. The summed E-state index contributed by atoms with van der Waals surface area (Å²) in [5.74, 6) is 0. The Labute approximate surface area is 64.3 Å². The van der Waals surface area contributed by atoms with E-state index in [0.717, 1.165) is 0 Å². The van der Waals surface area contributed by atoms with Crippen LogP contribution in [-0.2, 0) is 0 Å². The van der Waals surface area contributed by atoms with Crippen molar-refractivity contribution in [3.63, 3.8) is 0 Å². The van der Waals surface area contributed by atoms with Crippen LogP contribution in [0.5, 0.6) is 0 Å². The van der Waals surface area contributed by atoms with E-state index in [9.17, 15) is 0 Å². The molecular weight excluding hydrogens is 91.0 g/mol. The molecule has 1 rings (SSSR count). The van der Waals surface area contributed by atoms with E-state index in [4.69, 9.17) is 0 Å². The maximum absolute atomic E-state index is 2.19. The molecule has 0 amide bonds. The van der Waals surface area contributed by atoms with Crippen molar-refractivity contribution in [1.29, 1.82) is 0 Å². The van der Waals surface area contributed by atoms with Crippen LogP contribution in [0, 0.1) is 0 Å². The summed E-state index contributed by atoms with van der Waals surface area (Å²) in [7, 11) is 0. The van der Waals surface area contributed by atoms with Crippen molar-refractivity contribution < 1.29 is 20.3 Å². The molecule has 0 saturated carbocycles. The number of hydrogen-bond acceptors (Lipinski definition) is 0. The number of allylic oxidation sites excluding steroid dienone is 4. The smallest absolute Gasteiger partial charge is 1.00 e. The summed E-state index contributed by atoms with van der Waals surface area (Å²) in [5, 5.41) is 0. The van der Waals surface area contributed by atoms with Crippen molar-refractivity contribution in [3.8, 4) is 0 Å². The fourth-order valence-corrected chi connectivity index (χ4v) is 0.754. The molecule has 0 aromatic rings. The first-order valence-electron chi connectivity index (χ1n) is 2.78. The molecule has 0 spiro atoms. The Kier molecular flexibility index (Phi) is 4.05. The monoisotopic (exact) mass is 102 g/mol. The van der Waals surface area contributed by atoms with E-state index in [-0.39, 0.29) is 20.3 Å². The summed E-state index contributed by atoms with van der Waals surface area (Å²) in [6.07, 6.45) is 8.92. The van der Waals surface area contributed by atoms with Crippen LogP contribution < -0.4 is 18.9 Å². The molecule has 1 heteroatoms. The maximum atomic E-state index is 2.19. The van der Waals surface area contributed by atoms with Gasteiger partial charge < -0.3 is 1.43 Å². The Morgan fingerprint density at radius 1 is 1.75 bits per heavy atom. The van der Waals surface area contributed by atoms with Gasteiger partial charge in [0.1, 0.15) is 0 Å². The first-order chi connectivity index (χ1) is 3.43. The quantitative estimate of drug-likeness (QED) is 0.388. The van der Waals surface area contributed by atoms with Gasteiger partial charge in [-0.3, -0.25) is 0 Å². The minimum Gasteiger partial charge on any atom is -1.00 e. The van der Waals surface area contributed by atoms with Crippen molar-refractivity contribution in [3.05, 3.63) is 23.8 Å². The Hall–Kier alpha value is 0.0774. The van der Waals surface area contributed by atoms with Gasteiger partial charge in [-0.05, 0) is 12.8 Å². The summed E-state index contributed by atoms with van der Waals surface area (Å²) in [6.45, 7) is 2.19. The van der Waals surface area contributed by atoms with Gasteiger partial charge in [0.25, 0.3) is 0 Å². The normalized spacial score (nSPS) is 15.4. The molecule has 0 bridgehead atoms. The Morgan fingerprint density at radius 2 is 2.50 bits per heavy atom. The van der Waals surface area contributed by atoms with Crippen molar-refractivity contribution in [2.45, 2.75) is 19.8 Å². The molecule has 40 valence electrons. The van der Waals surface area contributed by atoms with Crippen molar-refractivity contribution in [2.24, 2.45) is 0 Å². The van der Waals surface area contributed by atoms with E-state index in [0.29, 0.717) is 0 Å². The van der Waals surface area contributed by atoms with Gasteiger partial charge in [0, 0.05) is 0 Å². The fraction of sp³-hybridized carbons (Fsp3) is 0.429. The zero-order valence-electron chi connectivity index (χ0n) is 6.65. The van der Waals surface area contributed by atoms with Crippen LogP contribution in [0.25, 0.3) is 0 Å². The van der Waals surface area contributed by atoms with Gasteiger partial charge >= 0.3 is 18.9 Å². The summed E-state index contributed by atoms with van der Waals surface area (Å²) in [4.78, 5) is 0. The van der Waals surface area contributed by atoms with Crippen LogP contribution in [0.2, 0.25) is 0 Å². The summed E-state index contributed by atoms with van der Waals surface area (Å²) < 4.78 is 0. The van der Waals surface area contributed by atoms with Crippen molar-refractivity contribution in [2.75, 3.05) is 0 Å². The zero-order chi connectivity index (χ0) is 5.11. The van der Waals surface area contributed by atoms with Crippen LogP contribution >= 0.6 is 0 Å². The van der Waals surface area contributed by atoms with Crippen molar-refractivity contribution >= 4 is 0 Å². The number of hydrogen-bond donors (Lipinski definition) is 0. The first kappa shape index (κ1) is 8.08. The molecule has 0 aromatic carbocycles. The summed E-state index contributed by atoms with van der Waals surface area (Å²) in [6, 6.07) is 0. The fourth-order valence-electron chi connectivity index (χ4n) is 0.754. The van der Waals surface area contributed by atoms with E-state index in [1.54, 1.807) is 5.57 Å². The molecule has 0 N–H and O–H groups in total. The van der Waals surface area contributed by atoms with E-state index in [1.807, 2.05) is 0 Å². The standard InChI is InChI=1S/C7H10.Li.H/c1-2-7-5-3-4-6-7;;/h3-5H,2,6H2,1H3;;/q;+1;-1. The second kappa shape index (κ2) is 4.01. The molecule has 0 radical (unpaired) electrons. The van der Waals surface area contributed by atoms with Crippen LogP contribution in [0.1, 0.15) is 21.2 Å². The molecule has 0 nitrogen and oxygen atoms in total. The Balaban J connectivity index is 0. The van der Waals surface area contributed by atoms with E-state index in [2.05, 4.69) is 25.2 Å². The largest absolute Gasteiger partial charge is 1.00 e. The molecule has 0 atom stereocenters. The van der Waals surface area contributed by atoms with Gasteiger partial charge in [-0.1, -0.05) is 30.7 Å². The van der Waals surface area contributed by atoms with Gasteiger partial charge in [0.15, 0.2) is 0 Å². The SMILES string of the molecule is CCC1=CC=CC1.[H-].[Li+]. The maximum Gasteiger partial charge on any atom is 1.00 e. The molecule has 0 fully saturated rings. The molecule has 8 heavy (non-hydrogen) atoms. The molecule has 0 aliphatic heterocycles. The van der Waals surface area contributed by atoms with Crippen LogP contribution in [0.3, 0.4) is 0 Å². The first-order valence-corrected chi connectivity index (χ1v) is 2.78. The minimum atomic E-state index is 0. The molecule has 1 aliphatic carbocycles. The van der Waals surface area contributed by atoms with Crippen molar-refractivity contribution in [1.82, 2.24) is 0 Å². The molecule has 0 saturated heterocycles. The van der Waals surface area contributed by atoms with Gasteiger partial charge in [0.2, 0.25) is 0 Å². The topological polar surface area (TPSA) is 0 Å². The predicted molar refractivity (Wildman–Crippen MR) is 33.2 cm³/mol. The molecular formula is C7H11Li. The van der Waals surface area contributed by atoms with Crippen LogP contribution in [0.15, 0.2) is 23.8 Å². The van der Waals surface area contributed by atoms with Gasteiger partial charge in [0.05, 0.1) is 0 Å². The van der Waals surface area contributed by atoms with Gasteiger partial charge in [-0.2, -0.15) is 0 Å². The Morgan fingerprint density at radius 3 is 2.75 bits per heavy atom. The Bertz CT molecular complexity index is 116. The van der Waals surface area contributed by atoms with E-state index in [1.165, 1.54) is 12.8 Å². The van der Waals surface area contributed by atoms with Crippen LogP contribution in [0.4, 0.5) is 0 Å². The third-order valence-corrected chi connectivity index (χ3v) is 1.30. The second-order valence-electron chi connectivity index (χ2n) is 1.81. The zero-order valence-corrected chi connectivity index (χ0v) is 5.65. The summed E-state index contributed by atoms with van der Waals surface area (Å²) in [5.41, 5.74) is 1.56. The molecule has 0 aromatic heterocycles. The van der Waals surface area contributed by atoms with E-state index < -0.39 is 0 Å². The summed E-state index contributed by atoms with van der Waals surface area (Å²) >= 11 is 0. The third kappa shape index (κ3) is 1.90. The number of rotatable bonds is 1. The van der Waals surface area contributed by atoms with E-state index >= 15 is 0 Å². The van der Waals surface area contributed by atoms with Gasteiger partial charge in [-0.25, -0.2) is 0 Å². The molecule has 0 heterocycles. The van der Waals surface area contributed by atoms with Crippen LogP contribution in [-0.4, -0.2) is 0 Å². The van der Waals surface area contributed by atoms with Gasteiger partial charge in [-0.15, -0.1) is 0 Å². The minimum absolute atomic E-state index is 0. The average molecular weight is 102 g/mol. The predicted octanol–water partition coefficient (Wildman–Crippen LogP) is -0.601. The third-order valence-electron chi connectivity index (χ3n) is 1.30. The molecule has 0 unspecified atom stereocenters. The molecule has 1 aliphatic rings.